The lowest BCUT2D eigenvalue weighted by Gasteiger charge is -2.34. The molecule has 8 heteroatoms. The van der Waals surface area contributed by atoms with Crippen molar-refractivity contribution in [1.82, 2.24) is 19.6 Å². The first kappa shape index (κ1) is 23.0. The van der Waals surface area contributed by atoms with E-state index in [2.05, 4.69) is 26.4 Å². The molecule has 1 saturated heterocycles. The van der Waals surface area contributed by atoms with E-state index >= 15 is 0 Å². The average molecular weight is 450 g/mol. The number of hydrogen-bond acceptors (Lipinski definition) is 6. The van der Waals surface area contributed by atoms with Crippen molar-refractivity contribution in [3.8, 4) is 0 Å². The van der Waals surface area contributed by atoms with Gasteiger partial charge in [0.15, 0.2) is 0 Å². The number of carbonyl (C=O) groups is 1. The Bertz CT molecular complexity index is 774. The third-order valence-electron chi connectivity index (χ3n) is 5.38. The average Bonchev–Trinajstić information content (AvgIpc) is 3.22. The normalized spacial score (nSPS) is 14.8. The molecule has 0 bridgehead atoms. The first-order chi connectivity index (χ1) is 14.6. The summed E-state index contributed by atoms with van der Waals surface area (Å²) < 4.78 is 4.53. The van der Waals surface area contributed by atoms with Crippen LogP contribution in [-0.4, -0.2) is 59.4 Å². The number of carbonyl (C=O) groups excluding carboxylic acids is 1. The Morgan fingerprint density at radius 1 is 1.13 bits per heavy atom. The van der Waals surface area contributed by atoms with Crippen molar-refractivity contribution >= 4 is 34.2 Å². The number of piperazine rings is 1. The first-order valence-corrected chi connectivity index (χ1v) is 12.1. The van der Waals surface area contributed by atoms with Crippen LogP contribution in [0.3, 0.4) is 0 Å². The van der Waals surface area contributed by atoms with Gasteiger partial charge in [-0.1, -0.05) is 49.9 Å². The van der Waals surface area contributed by atoms with Crippen LogP contribution in [0.15, 0.2) is 24.3 Å². The molecule has 1 aromatic carbocycles. The quantitative estimate of drug-likeness (QED) is 0.525. The molecule has 2 aromatic rings. The molecule has 2 heterocycles. The molecular weight excluding hydrogens is 418 g/mol. The smallest absolute Gasteiger partial charge is 0.220 e. The Labute approximate surface area is 188 Å². The fraction of sp³-hybridized carbons (Fsp3) is 0.591. The van der Waals surface area contributed by atoms with Crippen molar-refractivity contribution in [2.75, 3.05) is 44.2 Å². The fourth-order valence-electron chi connectivity index (χ4n) is 3.55. The standard InChI is InChI=1S/C22H32ClN5OS/c1-2-3-4-5-6-21(29)24-11-12-27-13-15-28(16-14-27)22-25-20(26-30-22)17-18-7-9-19(23)10-8-18/h7-10H,2-6,11-17H2,1H3,(H,24,29). The van der Waals surface area contributed by atoms with Crippen molar-refractivity contribution < 1.29 is 4.79 Å². The van der Waals surface area contributed by atoms with Gasteiger partial charge in [-0.05, 0) is 24.1 Å². The van der Waals surface area contributed by atoms with E-state index in [1.807, 2.05) is 24.3 Å². The van der Waals surface area contributed by atoms with Gasteiger partial charge in [0.1, 0.15) is 5.82 Å². The van der Waals surface area contributed by atoms with Gasteiger partial charge in [0.05, 0.1) is 0 Å². The van der Waals surface area contributed by atoms with Gasteiger partial charge in [0.2, 0.25) is 11.0 Å². The van der Waals surface area contributed by atoms with Gasteiger partial charge in [-0.25, -0.2) is 4.98 Å². The highest BCUT2D eigenvalue weighted by Gasteiger charge is 2.20. The lowest BCUT2D eigenvalue weighted by molar-refractivity contribution is -0.121. The molecule has 1 aromatic heterocycles. The minimum Gasteiger partial charge on any atom is -0.355 e. The number of nitrogens with zero attached hydrogens (tertiary/aromatic N) is 4. The molecule has 1 fully saturated rings. The third-order valence-corrected chi connectivity index (χ3v) is 6.45. The number of rotatable bonds is 11. The minimum absolute atomic E-state index is 0.187. The highest BCUT2D eigenvalue weighted by molar-refractivity contribution is 7.09. The van der Waals surface area contributed by atoms with Gasteiger partial charge in [-0.2, -0.15) is 4.37 Å². The van der Waals surface area contributed by atoms with E-state index in [-0.39, 0.29) is 5.91 Å². The molecule has 0 atom stereocenters. The third kappa shape index (κ3) is 7.52. The van der Waals surface area contributed by atoms with Gasteiger partial charge >= 0.3 is 0 Å². The molecule has 30 heavy (non-hydrogen) atoms. The van der Waals surface area contributed by atoms with E-state index in [4.69, 9.17) is 16.6 Å². The van der Waals surface area contributed by atoms with Crippen molar-refractivity contribution in [2.24, 2.45) is 0 Å². The van der Waals surface area contributed by atoms with Gasteiger partial charge in [-0.3, -0.25) is 9.69 Å². The number of benzene rings is 1. The molecular formula is C22H32ClN5OS. The Balaban J connectivity index is 1.34. The van der Waals surface area contributed by atoms with Crippen molar-refractivity contribution in [3.05, 3.63) is 40.7 Å². The molecule has 0 radical (unpaired) electrons. The number of nitrogens with one attached hydrogen (secondary N) is 1. The summed E-state index contributed by atoms with van der Waals surface area (Å²) in [6, 6.07) is 7.84. The largest absolute Gasteiger partial charge is 0.355 e. The summed E-state index contributed by atoms with van der Waals surface area (Å²) in [6.07, 6.45) is 5.96. The van der Waals surface area contributed by atoms with Crippen molar-refractivity contribution in [1.29, 1.82) is 0 Å². The van der Waals surface area contributed by atoms with Gasteiger partial charge < -0.3 is 10.2 Å². The molecule has 164 valence electrons. The van der Waals surface area contributed by atoms with Crippen LogP contribution in [0.25, 0.3) is 0 Å². The number of anilines is 1. The maximum atomic E-state index is 11.9. The molecule has 0 unspecified atom stereocenters. The highest BCUT2D eigenvalue weighted by Crippen LogP contribution is 2.21. The van der Waals surface area contributed by atoms with Crippen LogP contribution in [0.5, 0.6) is 0 Å². The molecule has 0 saturated carbocycles. The van der Waals surface area contributed by atoms with Gasteiger partial charge in [-0.15, -0.1) is 0 Å². The number of aromatic nitrogens is 2. The lowest BCUT2D eigenvalue weighted by Crippen LogP contribution is -2.48. The van der Waals surface area contributed by atoms with E-state index in [1.54, 1.807) is 0 Å². The topological polar surface area (TPSA) is 61.4 Å². The van der Waals surface area contributed by atoms with Crippen LogP contribution in [0, 0.1) is 0 Å². The number of hydrogen-bond donors (Lipinski definition) is 1. The SMILES string of the molecule is CCCCCCC(=O)NCCN1CCN(c2nc(Cc3ccc(Cl)cc3)ns2)CC1. The summed E-state index contributed by atoms with van der Waals surface area (Å²) in [7, 11) is 0. The predicted molar refractivity (Wildman–Crippen MR) is 125 cm³/mol. The van der Waals surface area contributed by atoms with Crippen LogP contribution in [-0.2, 0) is 11.2 Å². The second kappa shape index (κ2) is 12.2. The minimum atomic E-state index is 0.187. The molecule has 1 amide bonds. The molecule has 3 rings (SSSR count). The zero-order chi connectivity index (χ0) is 21.2. The second-order valence-electron chi connectivity index (χ2n) is 7.79. The summed E-state index contributed by atoms with van der Waals surface area (Å²) in [6.45, 7) is 7.69. The monoisotopic (exact) mass is 449 g/mol. The highest BCUT2D eigenvalue weighted by atomic mass is 35.5. The maximum absolute atomic E-state index is 11.9. The van der Waals surface area contributed by atoms with E-state index < -0.39 is 0 Å². The fourth-order valence-corrected chi connectivity index (χ4v) is 4.41. The van der Waals surface area contributed by atoms with Crippen molar-refractivity contribution in [3.63, 3.8) is 0 Å². The van der Waals surface area contributed by atoms with Crippen LogP contribution in [0.4, 0.5) is 5.13 Å². The zero-order valence-corrected chi connectivity index (χ0v) is 19.4. The molecule has 1 N–H and O–H groups in total. The van der Waals surface area contributed by atoms with Gasteiger partial charge in [0.25, 0.3) is 0 Å². The second-order valence-corrected chi connectivity index (χ2v) is 8.95. The Morgan fingerprint density at radius 2 is 1.90 bits per heavy atom. The van der Waals surface area contributed by atoms with Crippen LogP contribution >= 0.6 is 23.1 Å². The Morgan fingerprint density at radius 3 is 2.63 bits per heavy atom. The van der Waals surface area contributed by atoms with E-state index in [9.17, 15) is 4.79 Å². The summed E-state index contributed by atoms with van der Waals surface area (Å²) in [5.41, 5.74) is 1.17. The van der Waals surface area contributed by atoms with E-state index in [1.165, 1.54) is 29.9 Å². The number of halogens is 1. The molecule has 0 spiro atoms. The lowest BCUT2D eigenvalue weighted by atomic mass is 10.1. The van der Waals surface area contributed by atoms with Crippen LogP contribution < -0.4 is 10.2 Å². The summed E-state index contributed by atoms with van der Waals surface area (Å²) in [5, 5.41) is 4.80. The predicted octanol–water partition coefficient (Wildman–Crippen LogP) is 3.99. The Kier molecular flexibility index (Phi) is 9.36. The Hall–Kier alpha value is -1.70. The molecule has 6 nitrogen and oxygen atoms in total. The summed E-state index contributed by atoms with van der Waals surface area (Å²) in [5.74, 6) is 1.05. The zero-order valence-electron chi connectivity index (χ0n) is 17.8. The van der Waals surface area contributed by atoms with Crippen molar-refractivity contribution in [2.45, 2.75) is 45.4 Å². The molecule has 1 aliphatic rings. The summed E-state index contributed by atoms with van der Waals surface area (Å²) in [4.78, 5) is 21.3. The maximum Gasteiger partial charge on any atom is 0.220 e. The van der Waals surface area contributed by atoms with Crippen LogP contribution in [0.2, 0.25) is 5.02 Å². The first-order valence-electron chi connectivity index (χ1n) is 10.9. The van der Waals surface area contributed by atoms with E-state index in [0.717, 1.165) is 74.5 Å². The van der Waals surface area contributed by atoms with Gasteiger partial charge in [0, 0.05) is 68.7 Å². The molecule has 0 aliphatic carbocycles. The van der Waals surface area contributed by atoms with E-state index in [0.29, 0.717) is 6.42 Å². The summed E-state index contributed by atoms with van der Waals surface area (Å²) >= 11 is 7.43. The number of amides is 1. The van der Waals surface area contributed by atoms with Crippen LogP contribution in [0.1, 0.15) is 50.4 Å². The number of unbranched alkanes of at least 4 members (excludes halogenated alkanes) is 3. The molecule has 1 aliphatic heterocycles.